The summed E-state index contributed by atoms with van der Waals surface area (Å²) >= 11 is 6.20. The molecular formula is C19H17ClN4O4. The smallest absolute Gasteiger partial charge is 0.263 e. The number of hydrogen-bond acceptors (Lipinski definition) is 7. The van der Waals surface area contributed by atoms with Crippen molar-refractivity contribution < 1.29 is 19.1 Å². The monoisotopic (exact) mass is 400 g/mol. The van der Waals surface area contributed by atoms with E-state index in [0.29, 0.717) is 27.9 Å². The van der Waals surface area contributed by atoms with Gasteiger partial charge in [0.1, 0.15) is 11.5 Å². The Balaban J connectivity index is 1.71. The highest BCUT2D eigenvalue weighted by Crippen LogP contribution is 2.38. The van der Waals surface area contributed by atoms with E-state index >= 15 is 0 Å². The summed E-state index contributed by atoms with van der Waals surface area (Å²) in [7, 11) is 3.00. The molecule has 144 valence electrons. The molecule has 8 nitrogen and oxygen atoms in total. The molecular weight excluding hydrogens is 384 g/mol. The zero-order valence-corrected chi connectivity index (χ0v) is 16.2. The van der Waals surface area contributed by atoms with E-state index in [1.807, 2.05) is 13.0 Å². The van der Waals surface area contributed by atoms with E-state index in [0.717, 1.165) is 10.5 Å². The van der Waals surface area contributed by atoms with E-state index < -0.39 is 23.9 Å². The first-order valence-electron chi connectivity index (χ1n) is 8.51. The molecule has 2 amide bonds. The molecule has 0 N–H and O–H groups in total. The van der Waals surface area contributed by atoms with Crippen LogP contribution in [-0.4, -0.2) is 38.1 Å². The van der Waals surface area contributed by atoms with E-state index in [2.05, 4.69) is 10.3 Å². The van der Waals surface area contributed by atoms with Crippen LogP contribution in [0.4, 0.5) is 11.4 Å². The van der Waals surface area contributed by atoms with E-state index in [-0.39, 0.29) is 0 Å². The predicted molar refractivity (Wildman–Crippen MR) is 103 cm³/mol. The van der Waals surface area contributed by atoms with Crippen molar-refractivity contribution in [3.8, 4) is 11.5 Å². The van der Waals surface area contributed by atoms with Gasteiger partial charge in [0.2, 0.25) is 0 Å². The summed E-state index contributed by atoms with van der Waals surface area (Å²) in [5, 5.41) is 10.1. The summed E-state index contributed by atoms with van der Waals surface area (Å²) in [6, 6.07) is 8.41. The van der Waals surface area contributed by atoms with Gasteiger partial charge in [-0.05, 0) is 24.6 Å². The molecule has 28 heavy (non-hydrogen) atoms. The molecule has 4 rings (SSSR count). The van der Waals surface area contributed by atoms with Crippen molar-refractivity contribution in [3.63, 3.8) is 0 Å². The molecule has 0 unspecified atom stereocenters. The minimum atomic E-state index is -0.912. The Morgan fingerprint density at radius 3 is 2.25 bits per heavy atom. The second-order valence-electron chi connectivity index (χ2n) is 6.46. The van der Waals surface area contributed by atoms with Crippen molar-refractivity contribution in [3.05, 3.63) is 47.0 Å². The van der Waals surface area contributed by atoms with Crippen LogP contribution in [0, 0.1) is 6.92 Å². The molecule has 2 aromatic carbocycles. The number of amides is 2. The SMILES string of the molecule is COc1cc(OC)cc(N2C(=O)[C@H]3N=NN(c4ccc(C)c(Cl)c4)[C@@H]3C2=O)c1. The normalized spacial score (nSPS) is 20.7. The number of fused-ring (bicyclic) bond motifs is 1. The Kier molecular flexibility index (Phi) is 4.43. The largest absolute Gasteiger partial charge is 0.497 e. The van der Waals surface area contributed by atoms with Crippen LogP contribution in [0.3, 0.4) is 0 Å². The topological polar surface area (TPSA) is 83.8 Å². The number of carbonyl (C=O) groups excluding carboxylic acids is 2. The number of aryl methyl sites for hydroxylation is 1. The zero-order valence-electron chi connectivity index (χ0n) is 15.4. The summed E-state index contributed by atoms with van der Waals surface area (Å²) in [4.78, 5) is 27.2. The molecule has 1 fully saturated rings. The fourth-order valence-electron chi connectivity index (χ4n) is 3.27. The summed E-state index contributed by atoms with van der Waals surface area (Å²) in [5.41, 5.74) is 1.85. The van der Waals surface area contributed by atoms with Crippen LogP contribution in [0.5, 0.6) is 11.5 Å². The minimum absolute atomic E-state index is 0.359. The number of halogens is 1. The summed E-state index contributed by atoms with van der Waals surface area (Å²) < 4.78 is 10.5. The molecule has 0 bridgehead atoms. The number of benzene rings is 2. The molecule has 0 saturated carbocycles. The van der Waals surface area contributed by atoms with Gasteiger partial charge in [-0.3, -0.25) is 9.59 Å². The Morgan fingerprint density at radius 1 is 0.964 bits per heavy atom. The summed E-state index contributed by atoms with van der Waals surface area (Å²) in [5.74, 6) is 0.0633. The van der Waals surface area contributed by atoms with Gasteiger partial charge in [-0.2, -0.15) is 5.11 Å². The van der Waals surface area contributed by atoms with Gasteiger partial charge in [0, 0.05) is 23.2 Å². The van der Waals surface area contributed by atoms with E-state index in [1.165, 1.54) is 19.2 Å². The van der Waals surface area contributed by atoms with Gasteiger partial charge >= 0.3 is 0 Å². The van der Waals surface area contributed by atoms with Gasteiger partial charge in [0.25, 0.3) is 11.8 Å². The standard InChI is InChI=1S/C19H17ClN4O4/c1-10-4-5-11(8-15(10)20)24-17-16(21-22-24)18(25)23(19(17)26)12-6-13(27-2)9-14(7-12)28-3/h4-9,16-17H,1-3H3/t16-,17-/m0/s1. The second-order valence-corrected chi connectivity index (χ2v) is 6.86. The van der Waals surface area contributed by atoms with Gasteiger partial charge in [-0.25, -0.2) is 9.91 Å². The maximum absolute atomic E-state index is 13.2. The lowest BCUT2D eigenvalue weighted by atomic mass is 10.1. The number of carbonyl (C=O) groups is 2. The lowest BCUT2D eigenvalue weighted by Gasteiger charge is -2.21. The molecule has 0 radical (unpaired) electrons. The average Bonchev–Trinajstić information content (AvgIpc) is 3.24. The molecule has 0 aliphatic carbocycles. The number of anilines is 2. The van der Waals surface area contributed by atoms with E-state index in [1.54, 1.807) is 30.3 Å². The first-order valence-corrected chi connectivity index (χ1v) is 8.89. The highest BCUT2D eigenvalue weighted by atomic mass is 35.5. The fourth-order valence-corrected chi connectivity index (χ4v) is 3.45. The number of methoxy groups -OCH3 is 2. The van der Waals surface area contributed by atoms with Crippen LogP contribution >= 0.6 is 11.6 Å². The maximum Gasteiger partial charge on any atom is 0.263 e. The zero-order chi connectivity index (χ0) is 20.0. The van der Waals surface area contributed by atoms with Crippen molar-refractivity contribution in [1.29, 1.82) is 0 Å². The van der Waals surface area contributed by atoms with Crippen LogP contribution in [-0.2, 0) is 9.59 Å². The molecule has 0 spiro atoms. The average molecular weight is 401 g/mol. The van der Waals surface area contributed by atoms with Gasteiger partial charge in [0.05, 0.1) is 25.6 Å². The molecule has 2 heterocycles. The molecule has 2 atom stereocenters. The molecule has 0 aromatic heterocycles. The quantitative estimate of drug-likeness (QED) is 0.736. The Bertz CT molecular complexity index is 987. The minimum Gasteiger partial charge on any atom is -0.497 e. The highest BCUT2D eigenvalue weighted by molar-refractivity contribution is 6.31. The summed E-state index contributed by atoms with van der Waals surface area (Å²) in [6.07, 6.45) is 0. The van der Waals surface area contributed by atoms with Gasteiger partial charge in [-0.15, -0.1) is 0 Å². The van der Waals surface area contributed by atoms with Gasteiger partial charge in [0.15, 0.2) is 12.1 Å². The van der Waals surface area contributed by atoms with Gasteiger partial charge in [-0.1, -0.05) is 22.9 Å². The van der Waals surface area contributed by atoms with Crippen LogP contribution in [0.15, 0.2) is 46.7 Å². The Morgan fingerprint density at radius 2 is 1.64 bits per heavy atom. The van der Waals surface area contributed by atoms with Crippen molar-refractivity contribution >= 4 is 34.8 Å². The number of rotatable bonds is 4. The third-order valence-corrected chi connectivity index (χ3v) is 5.20. The molecule has 9 heteroatoms. The maximum atomic E-state index is 13.2. The van der Waals surface area contributed by atoms with Crippen molar-refractivity contribution in [2.75, 3.05) is 24.1 Å². The van der Waals surface area contributed by atoms with Gasteiger partial charge < -0.3 is 9.47 Å². The third kappa shape index (κ3) is 2.77. The van der Waals surface area contributed by atoms with Crippen LogP contribution in [0.2, 0.25) is 5.02 Å². The third-order valence-electron chi connectivity index (χ3n) is 4.80. The molecule has 2 aromatic rings. The van der Waals surface area contributed by atoms with E-state index in [9.17, 15) is 9.59 Å². The molecule has 2 aliphatic rings. The number of imide groups is 1. The first-order chi connectivity index (χ1) is 13.4. The highest BCUT2D eigenvalue weighted by Gasteiger charge is 2.55. The van der Waals surface area contributed by atoms with Crippen LogP contribution < -0.4 is 19.4 Å². The predicted octanol–water partition coefficient (Wildman–Crippen LogP) is 3.16. The van der Waals surface area contributed by atoms with Crippen molar-refractivity contribution in [2.24, 2.45) is 10.3 Å². The van der Waals surface area contributed by atoms with E-state index in [4.69, 9.17) is 21.1 Å². The van der Waals surface area contributed by atoms with Crippen LogP contribution in [0.1, 0.15) is 5.56 Å². The fraction of sp³-hybridized carbons (Fsp3) is 0.263. The number of nitrogens with zero attached hydrogens (tertiary/aromatic N) is 4. The summed E-state index contributed by atoms with van der Waals surface area (Å²) in [6.45, 7) is 1.88. The molecule has 2 aliphatic heterocycles. The Hall–Kier alpha value is -3.13. The van der Waals surface area contributed by atoms with Crippen molar-refractivity contribution in [2.45, 2.75) is 19.0 Å². The lowest BCUT2D eigenvalue weighted by molar-refractivity contribution is -0.121. The van der Waals surface area contributed by atoms with Crippen LogP contribution in [0.25, 0.3) is 0 Å². The Labute approximate surface area is 166 Å². The molecule has 1 saturated heterocycles. The second kappa shape index (κ2) is 6.79. The number of ether oxygens (including phenoxy) is 2. The van der Waals surface area contributed by atoms with Crippen molar-refractivity contribution in [1.82, 2.24) is 0 Å². The number of hydrogen-bond donors (Lipinski definition) is 0. The lowest BCUT2D eigenvalue weighted by Crippen LogP contribution is -2.39. The first kappa shape index (κ1) is 18.2.